The standard InChI is InChI=1S/C25H16N4O/c26-12-18-5-4-16-8-19(18)14-30-21-3-1-2-15(9-21)22-11-20(13-27)29-24-7-6-17(25(16)28)10-23(22)24/h1-11,25H,14,28H2. The molecule has 3 aromatic carbocycles. The van der Waals surface area contributed by atoms with Gasteiger partial charge in [0.05, 0.1) is 23.2 Å². The minimum atomic E-state index is -0.367. The molecule has 0 saturated carbocycles. The number of nitriles is 2. The highest BCUT2D eigenvalue weighted by atomic mass is 16.5. The lowest BCUT2D eigenvalue weighted by atomic mass is 9.93. The van der Waals surface area contributed by atoms with Gasteiger partial charge in [-0.3, -0.25) is 0 Å². The van der Waals surface area contributed by atoms with Gasteiger partial charge in [0.25, 0.3) is 0 Å². The number of pyridine rings is 1. The van der Waals surface area contributed by atoms with Crippen molar-refractivity contribution in [1.29, 1.82) is 10.5 Å². The van der Waals surface area contributed by atoms with Crippen molar-refractivity contribution in [2.45, 2.75) is 12.6 Å². The van der Waals surface area contributed by atoms with E-state index in [2.05, 4.69) is 17.1 Å². The lowest BCUT2D eigenvalue weighted by Crippen LogP contribution is -2.13. The van der Waals surface area contributed by atoms with Gasteiger partial charge < -0.3 is 10.5 Å². The number of rotatable bonds is 0. The molecule has 0 spiro atoms. The molecule has 0 aliphatic carbocycles. The first kappa shape index (κ1) is 17.9. The molecular formula is C25H16N4O. The van der Waals surface area contributed by atoms with Crippen molar-refractivity contribution >= 4 is 10.9 Å². The van der Waals surface area contributed by atoms with E-state index < -0.39 is 0 Å². The van der Waals surface area contributed by atoms with Crippen molar-refractivity contribution < 1.29 is 4.74 Å². The Morgan fingerprint density at radius 1 is 0.933 bits per heavy atom. The predicted octanol–water partition coefficient (Wildman–Crippen LogP) is 4.59. The summed E-state index contributed by atoms with van der Waals surface area (Å²) in [5, 5.41) is 19.9. The average Bonchev–Trinajstić information content (AvgIpc) is 2.80. The van der Waals surface area contributed by atoms with Gasteiger partial charge >= 0.3 is 0 Å². The fourth-order valence-electron chi connectivity index (χ4n) is 3.88. The van der Waals surface area contributed by atoms with Crippen LogP contribution in [0.15, 0.2) is 66.7 Å². The third-order valence-electron chi connectivity index (χ3n) is 5.45. The first-order chi connectivity index (χ1) is 14.7. The Kier molecular flexibility index (Phi) is 4.17. The monoisotopic (exact) mass is 388 g/mol. The maximum Gasteiger partial charge on any atom is 0.141 e. The molecule has 1 aliphatic rings. The van der Waals surface area contributed by atoms with Gasteiger partial charge in [-0.2, -0.15) is 10.5 Å². The molecule has 0 fully saturated rings. The minimum absolute atomic E-state index is 0.264. The zero-order chi connectivity index (χ0) is 20.7. The summed E-state index contributed by atoms with van der Waals surface area (Å²) in [5.74, 6) is 0.685. The molecule has 30 heavy (non-hydrogen) atoms. The highest BCUT2D eigenvalue weighted by molar-refractivity contribution is 5.95. The van der Waals surface area contributed by atoms with Crippen LogP contribution in [0.3, 0.4) is 0 Å². The van der Waals surface area contributed by atoms with Gasteiger partial charge in [-0.05, 0) is 64.7 Å². The molecular weight excluding hydrogens is 372 g/mol. The molecule has 5 nitrogen and oxygen atoms in total. The summed E-state index contributed by atoms with van der Waals surface area (Å²) in [5.41, 5.74) is 12.7. The van der Waals surface area contributed by atoms with Crippen molar-refractivity contribution in [2.24, 2.45) is 5.73 Å². The molecule has 0 radical (unpaired) electrons. The SMILES string of the molecule is N#Cc1cc2c3cc(ccc3n1)C(N)c1ccc(C#N)c(c1)COc1cccc-2c1. The third-order valence-corrected chi connectivity index (χ3v) is 5.45. The van der Waals surface area contributed by atoms with Crippen LogP contribution in [0.5, 0.6) is 5.75 Å². The van der Waals surface area contributed by atoms with E-state index in [1.807, 2.05) is 54.6 Å². The van der Waals surface area contributed by atoms with E-state index in [9.17, 15) is 10.5 Å². The summed E-state index contributed by atoms with van der Waals surface area (Å²) in [7, 11) is 0. The van der Waals surface area contributed by atoms with Crippen LogP contribution >= 0.6 is 0 Å². The molecule has 6 bridgehead atoms. The molecule has 2 N–H and O–H groups in total. The van der Waals surface area contributed by atoms with Crippen molar-refractivity contribution in [3.05, 3.63) is 94.7 Å². The minimum Gasteiger partial charge on any atom is -0.489 e. The van der Waals surface area contributed by atoms with Crippen LogP contribution in [-0.2, 0) is 6.61 Å². The fourth-order valence-corrected chi connectivity index (χ4v) is 3.88. The van der Waals surface area contributed by atoms with Gasteiger partial charge in [-0.25, -0.2) is 4.98 Å². The summed E-state index contributed by atoms with van der Waals surface area (Å²) in [6.45, 7) is 0.264. The van der Waals surface area contributed by atoms with Crippen LogP contribution in [0.2, 0.25) is 0 Å². The normalized spacial score (nSPS) is 14.6. The quantitative estimate of drug-likeness (QED) is 0.475. The van der Waals surface area contributed by atoms with Gasteiger partial charge in [-0.1, -0.05) is 24.3 Å². The van der Waals surface area contributed by atoms with Crippen molar-refractivity contribution in [3.63, 3.8) is 0 Å². The Morgan fingerprint density at radius 3 is 2.60 bits per heavy atom. The van der Waals surface area contributed by atoms with Crippen LogP contribution in [-0.4, -0.2) is 4.98 Å². The van der Waals surface area contributed by atoms with E-state index in [-0.39, 0.29) is 12.6 Å². The lowest BCUT2D eigenvalue weighted by Gasteiger charge is -2.16. The zero-order valence-electron chi connectivity index (χ0n) is 16.0. The van der Waals surface area contributed by atoms with Gasteiger partial charge in [0.15, 0.2) is 0 Å². The largest absolute Gasteiger partial charge is 0.489 e. The van der Waals surface area contributed by atoms with E-state index in [0.29, 0.717) is 17.0 Å². The second-order valence-electron chi connectivity index (χ2n) is 7.27. The van der Waals surface area contributed by atoms with Crippen molar-refractivity contribution in [2.75, 3.05) is 0 Å². The third kappa shape index (κ3) is 2.95. The predicted molar refractivity (Wildman–Crippen MR) is 113 cm³/mol. The molecule has 4 aromatic rings. The second kappa shape index (κ2) is 7.00. The number of hydrogen-bond acceptors (Lipinski definition) is 5. The zero-order valence-corrected chi connectivity index (χ0v) is 16.0. The number of nitrogens with two attached hydrogens (primary N) is 1. The van der Waals surface area contributed by atoms with Gasteiger partial charge in [0.2, 0.25) is 0 Å². The topological polar surface area (TPSA) is 95.7 Å². The Bertz CT molecular complexity index is 1390. The van der Waals surface area contributed by atoms with E-state index in [1.54, 1.807) is 12.1 Å². The summed E-state index contributed by atoms with van der Waals surface area (Å²) in [6, 6.07) is 25.0. The summed E-state index contributed by atoms with van der Waals surface area (Å²) < 4.78 is 6.02. The molecule has 1 unspecified atom stereocenters. The first-order valence-corrected chi connectivity index (χ1v) is 9.53. The molecule has 142 valence electrons. The first-order valence-electron chi connectivity index (χ1n) is 9.53. The molecule has 2 heterocycles. The number of ether oxygens (including phenoxy) is 1. The molecule has 5 rings (SSSR count). The van der Waals surface area contributed by atoms with Crippen molar-refractivity contribution in [3.8, 4) is 29.0 Å². The van der Waals surface area contributed by atoms with Gasteiger partial charge in [0, 0.05) is 10.9 Å². The molecule has 0 amide bonds. The van der Waals surface area contributed by atoms with Crippen molar-refractivity contribution in [1.82, 2.24) is 4.98 Å². The summed E-state index contributed by atoms with van der Waals surface area (Å²) >= 11 is 0. The maximum atomic E-state index is 9.48. The van der Waals surface area contributed by atoms with Crippen LogP contribution in [0.25, 0.3) is 22.0 Å². The second-order valence-corrected chi connectivity index (χ2v) is 7.27. The number of benzene rings is 3. The Hall–Kier alpha value is -4.19. The maximum absolute atomic E-state index is 9.48. The molecule has 5 heteroatoms. The van der Waals surface area contributed by atoms with Crippen LogP contribution in [0, 0.1) is 22.7 Å². The van der Waals surface area contributed by atoms with Gasteiger partial charge in [-0.15, -0.1) is 0 Å². The van der Waals surface area contributed by atoms with E-state index in [4.69, 9.17) is 10.5 Å². The van der Waals surface area contributed by atoms with Crippen LogP contribution < -0.4 is 10.5 Å². The fraction of sp³-hybridized carbons (Fsp3) is 0.0800. The number of fused-ring (bicyclic) bond motifs is 6. The van der Waals surface area contributed by atoms with E-state index in [0.717, 1.165) is 38.7 Å². The van der Waals surface area contributed by atoms with Crippen LogP contribution in [0.1, 0.15) is 34.0 Å². The number of nitrogens with zero attached hydrogens (tertiary/aromatic N) is 3. The summed E-state index contributed by atoms with van der Waals surface area (Å²) in [6.07, 6.45) is 0. The Balaban J connectivity index is 1.82. The smallest absolute Gasteiger partial charge is 0.141 e. The van der Waals surface area contributed by atoms with E-state index in [1.165, 1.54) is 0 Å². The highest BCUT2D eigenvalue weighted by Crippen LogP contribution is 2.34. The Morgan fingerprint density at radius 2 is 1.77 bits per heavy atom. The Labute approximate surface area is 173 Å². The van der Waals surface area contributed by atoms with Crippen LogP contribution in [0.4, 0.5) is 0 Å². The highest BCUT2D eigenvalue weighted by Gasteiger charge is 2.16. The molecule has 0 saturated heterocycles. The molecule has 1 aromatic heterocycles. The average molecular weight is 388 g/mol. The number of hydrogen-bond donors (Lipinski definition) is 1. The van der Waals surface area contributed by atoms with Gasteiger partial charge in [0.1, 0.15) is 24.1 Å². The molecule has 1 atom stereocenters. The summed E-state index contributed by atoms with van der Waals surface area (Å²) in [4.78, 5) is 4.46. The lowest BCUT2D eigenvalue weighted by molar-refractivity contribution is 0.306. The molecule has 1 aliphatic heterocycles. The van der Waals surface area contributed by atoms with E-state index >= 15 is 0 Å². The number of aromatic nitrogens is 1.